The van der Waals surface area contributed by atoms with Crippen LogP contribution in [0, 0.1) is 0 Å². The van der Waals surface area contributed by atoms with Crippen LogP contribution in [0.4, 0.5) is 0 Å². The molecule has 2 heteroatoms. The molecule has 1 N–H and O–H groups in total. The highest BCUT2D eigenvalue weighted by atomic mass is 16.6. The molecule has 0 rings (SSSR count). The number of hydroxylamine groups is 1. The second-order valence-corrected chi connectivity index (χ2v) is 1.70. The van der Waals surface area contributed by atoms with Gasteiger partial charge in [-0.3, -0.25) is 10.3 Å². The molecule has 0 bridgehead atoms. The molecule has 0 aliphatic heterocycles. The summed E-state index contributed by atoms with van der Waals surface area (Å²) in [6.45, 7) is 6.74. The summed E-state index contributed by atoms with van der Waals surface area (Å²) in [7, 11) is 0. The maximum atomic E-state index is 4.96. The number of rotatable bonds is 4. The van der Waals surface area contributed by atoms with E-state index in [4.69, 9.17) is 4.84 Å². The fourth-order valence-electron chi connectivity index (χ4n) is 0.500. The van der Waals surface area contributed by atoms with E-state index in [-0.39, 0.29) is 0 Å². The second kappa shape index (κ2) is 5.63. The molecule has 0 radical (unpaired) electrons. The Bertz CT molecular complexity index is 88.9. The minimum Gasteiger partial charge on any atom is -0.277 e. The average molecular weight is 129 g/mol. The van der Waals surface area contributed by atoms with Crippen molar-refractivity contribution in [2.45, 2.75) is 27.2 Å². The normalized spacial score (nSPS) is 11.7. The van der Waals surface area contributed by atoms with Gasteiger partial charge in [0, 0.05) is 5.70 Å². The first-order valence-electron chi connectivity index (χ1n) is 3.38. The van der Waals surface area contributed by atoms with Crippen LogP contribution in [0.1, 0.15) is 27.2 Å². The minimum absolute atomic E-state index is 0.706. The SMILES string of the molecule is C/C=C(/CC)NOCC. The molecule has 0 fully saturated rings. The molecule has 0 unspecified atom stereocenters. The average Bonchev–Trinajstić information content (AvgIpc) is 1.91. The van der Waals surface area contributed by atoms with Gasteiger partial charge < -0.3 is 0 Å². The summed E-state index contributed by atoms with van der Waals surface area (Å²) in [6.07, 6.45) is 3.01. The monoisotopic (exact) mass is 129 g/mol. The molecule has 0 saturated carbocycles. The zero-order valence-corrected chi connectivity index (χ0v) is 6.40. The lowest BCUT2D eigenvalue weighted by atomic mass is 10.3. The van der Waals surface area contributed by atoms with E-state index in [0.717, 1.165) is 12.1 Å². The molecule has 0 aromatic carbocycles. The minimum atomic E-state index is 0.706. The largest absolute Gasteiger partial charge is 0.277 e. The molecule has 0 aliphatic rings. The molecule has 2 nitrogen and oxygen atoms in total. The van der Waals surface area contributed by atoms with Gasteiger partial charge in [-0.2, -0.15) is 0 Å². The van der Waals surface area contributed by atoms with E-state index in [1.165, 1.54) is 0 Å². The lowest BCUT2D eigenvalue weighted by Crippen LogP contribution is -2.12. The Kier molecular flexibility index (Phi) is 5.32. The summed E-state index contributed by atoms with van der Waals surface area (Å²) in [5, 5.41) is 0. The van der Waals surface area contributed by atoms with E-state index in [0.29, 0.717) is 6.61 Å². The zero-order chi connectivity index (χ0) is 7.11. The van der Waals surface area contributed by atoms with Crippen molar-refractivity contribution in [2.24, 2.45) is 0 Å². The molecular formula is C7H15NO. The van der Waals surface area contributed by atoms with Crippen molar-refractivity contribution < 1.29 is 4.84 Å². The molecule has 0 aliphatic carbocycles. The van der Waals surface area contributed by atoms with Crippen molar-refractivity contribution in [1.29, 1.82) is 0 Å². The Labute approximate surface area is 56.9 Å². The molecule has 0 amide bonds. The quantitative estimate of drug-likeness (QED) is 0.585. The second-order valence-electron chi connectivity index (χ2n) is 1.70. The maximum absolute atomic E-state index is 4.96. The Morgan fingerprint density at radius 2 is 2.22 bits per heavy atom. The highest BCUT2D eigenvalue weighted by Crippen LogP contribution is 1.93. The summed E-state index contributed by atoms with van der Waals surface area (Å²) in [5.41, 5.74) is 3.97. The molecule has 0 aromatic heterocycles. The smallest absolute Gasteiger partial charge is 0.0717 e. The summed E-state index contributed by atoms with van der Waals surface area (Å²) < 4.78 is 0. The van der Waals surface area contributed by atoms with Crippen LogP contribution >= 0.6 is 0 Å². The van der Waals surface area contributed by atoms with Gasteiger partial charge >= 0.3 is 0 Å². The zero-order valence-electron chi connectivity index (χ0n) is 6.40. The number of nitrogens with one attached hydrogen (secondary N) is 1. The molecule has 54 valence electrons. The molecule has 0 spiro atoms. The summed E-state index contributed by atoms with van der Waals surface area (Å²) in [6, 6.07) is 0. The number of hydrogen-bond donors (Lipinski definition) is 1. The summed E-state index contributed by atoms with van der Waals surface area (Å²) in [5.74, 6) is 0. The van der Waals surface area contributed by atoms with Gasteiger partial charge in [0.2, 0.25) is 0 Å². The lowest BCUT2D eigenvalue weighted by molar-refractivity contribution is 0.0715. The first kappa shape index (κ1) is 8.50. The van der Waals surface area contributed by atoms with Crippen molar-refractivity contribution in [2.75, 3.05) is 6.61 Å². The lowest BCUT2D eigenvalue weighted by Gasteiger charge is -2.05. The molecule has 9 heavy (non-hydrogen) atoms. The third-order valence-corrected chi connectivity index (χ3v) is 1.08. The van der Waals surface area contributed by atoms with Crippen LogP contribution in [-0.4, -0.2) is 6.61 Å². The Morgan fingerprint density at radius 3 is 2.56 bits per heavy atom. The van der Waals surface area contributed by atoms with Crippen molar-refractivity contribution in [3.05, 3.63) is 11.8 Å². The van der Waals surface area contributed by atoms with Gasteiger partial charge in [0.25, 0.3) is 0 Å². The van der Waals surface area contributed by atoms with Crippen molar-refractivity contribution in [3.8, 4) is 0 Å². The van der Waals surface area contributed by atoms with Crippen LogP contribution in [-0.2, 0) is 4.84 Å². The first-order valence-corrected chi connectivity index (χ1v) is 3.38. The van der Waals surface area contributed by atoms with Crippen molar-refractivity contribution >= 4 is 0 Å². The molecule has 0 saturated heterocycles. The van der Waals surface area contributed by atoms with E-state index in [1.54, 1.807) is 0 Å². The fourth-order valence-corrected chi connectivity index (χ4v) is 0.500. The highest BCUT2D eigenvalue weighted by molar-refractivity contribution is 4.93. The van der Waals surface area contributed by atoms with E-state index < -0.39 is 0 Å². The molecular weight excluding hydrogens is 114 g/mol. The van der Waals surface area contributed by atoms with Crippen LogP contribution in [0.2, 0.25) is 0 Å². The summed E-state index contributed by atoms with van der Waals surface area (Å²) in [4.78, 5) is 4.96. The predicted octanol–water partition coefficient (Wildman–Crippen LogP) is 1.84. The van der Waals surface area contributed by atoms with Crippen LogP contribution < -0.4 is 5.48 Å². The van der Waals surface area contributed by atoms with E-state index in [1.807, 2.05) is 19.9 Å². The first-order chi connectivity index (χ1) is 4.35. The van der Waals surface area contributed by atoms with Gasteiger partial charge in [-0.05, 0) is 20.3 Å². The predicted molar refractivity (Wildman–Crippen MR) is 38.8 cm³/mol. The molecule has 0 aromatic rings. The van der Waals surface area contributed by atoms with Gasteiger partial charge in [0.1, 0.15) is 0 Å². The van der Waals surface area contributed by atoms with Gasteiger partial charge in [-0.25, -0.2) is 0 Å². The Balaban J connectivity index is 3.33. The van der Waals surface area contributed by atoms with Gasteiger partial charge in [-0.15, -0.1) is 0 Å². The maximum Gasteiger partial charge on any atom is 0.0717 e. The Morgan fingerprint density at radius 1 is 1.56 bits per heavy atom. The number of hydrogen-bond acceptors (Lipinski definition) is 2. The van der Waals surface area contributed by atoms with Crippen molar-refractivity contribution in [3.63, 3.8) is 0 Å². The van der Waals surface area contributed by atoms with E-state index in [9.17, 15) is 0 Å². The number of allylic oxidation sites excluding steroid dienone is 2. The molecule has 0 heterocycles. The fraction of sp³-hybridized carbons (Fsp3) is 0.714. The Hall–Kier alpha value is -0.500. The van der Waals surface area contributed by atoms with Gasteiger partial charge in [0.05, 0.1) is 6.61 Å². The van der Waals surface area contributed by atoms with E-state index in [2.05, 4.69) is 12.4 Å². The van der Waals surface area contributed by atoms with Gasteiger partial charge in [-0.1, -0.05) is 13.0 Å². The third-order valence-electron chi connectivity index (χ3n) is 1.08. The van der Waals surface area contributed by atoms with Crippen LogP contribution in [0.25, 0.3) is 0 Å². The highest BCUT2D eigenvalue weighted by Gasteiger charge is 1.86. The topological polar surface area (TPSA) is 21.3 Å². The standard InChI is InChI=1S/C7H15NO/c1-4-7(5-2)8-9-6-3/h4,8H,5-6H2,1-3H3/b7-4-. The van der Waals surface area contributed by atoms with E-state index >= 15 is 0 Å². The third kappa shape index (κ3) is 4.03. The molecule has 0 atom stereocenters. The van der Waals surface area contributed by atoms with Gasteiger partial charge in [0.15, 0.2) is 0 Å². The van der Waals surface area contributed by atoms with Crippen LogP contribution in [0.3, 0.4) is 0 Å². The van der Waals surface area contributed by atoms with Crippen LogP contribution in [0.15, 0.2) is 11.8 Å². The summed E-state index contributed by atoms with van der Waals surface area (Å²) >= 11 is 0. The van der Waals surface area contributed by atoms with Crippen LogP contribution in [0.5, 0.6) is 0 Å². The van der Waals surface area contributed by atoms with Crippen molar-refractivity contribution in [1.82, 2.24) is 5.48 Å².